The predicted molar refractivity (Wildman–Crippen MR) is 110 cm³/mol. The number of aliphatic hydroxyl groups is 1. The number of tetrazole rings is 1. The first-order valence-corrected chi connectivity index (χ1v) is 9.41. The van der Waals surface area contributed by atoms with Crippen molar-refractivity contribution in [2.75, 3.05) is 25.2 Å². The second-order valence-corrected chi connectivity index (χ2v) is 6.00. The number of ether oxygens (including phenoxy) is 1. The van der Waals surface area contributed by atoms with Crippen LogP contribution in [-0.2, 0) is 16.6 Å². The van der Waals surface area contributed by atoms with Gasteiger partial charge in [0, 0.05) is 30.1 Å². The molecule has 30 heavy (non-hydrogen) atoms. The summed E-state index contributed by atoms with van der Waals surface area (Å²) in [5, 5.41) is 20.9. The van der Waals surface area contributed by atoms with E-state index in [1.165, 1.54) is 29.1 Å². The van der Waals surface area contributed by atoms with E-state index in [-0.39, 0.29) is 13.2 Å². The van der Waals surface area contributed by atoms with Crippen LogP contribution in [0.25, 0.3) is 22.6 Å². The number of hydrogen-bond donors (Lipinski definition) is 1. The lowest BCUT2D eigenvalue weighted by atomic mass is 10.1. The minimum atomic E-state index is -0.556. The van der Waals surface area contributed by atoms with Crippen molar-refractivity contribution < 1.29 is 19.0 Å². The van der Waals surface area contributed by atoms with E-state index < -0.39 is 11.9 Å². The van der Waals surface area contributed by atoms with Gasteiger partial charge in [-0.25, -0.2) is 4.39 Å². The number of anilines is 1. The van der Waals surface area contributed by atoms with E-state index in [2.05, 4.69) is 20.4 Å². The van der Waals surface area contributed by atoms with E-state index >= 15 is 0 Å². The van der Waals surface area contributed by atoms with E-state index in [1.807, 2.05) is 13.8 Å². The molecule has 1 N–H and O–H groups in total. The second kappa shape index (κ2) is 11.1. The monoisotopic (exact) mass is 416 g/mol. The molecule has 0 radical (unpaired) electrons. The van der Waals surface area contributed by atoms with Crippen LogP contribution in [0, 0.1) is 5.82 Å². The number of nitrogens with zero attached hydrogens (tertiary/aromatic N) is 6. The summed E-state index contributed by atoms with van der Waals surface area (Å²) < 4.78 is 19.7. The average Bonchev–Trinajstić information content (AvgIpc) is 3.22. The van der Waals surface area contributed by atoms with Gasteiger partial charge in [0.05, 0.1) is 26.3 Å². The molecule has 160 valence electrons. The molecule has 0 bridgehead atoms. The number of aryl methyl sites for hydroxylation is 1. The smallest absolute Gasteiger partial charge is 0.223 e. The average molecular weight is 416 g/mol. The highest BCUT2D eigenvalue weighted by Crippen LogP contribution is 2.27. The second-order valence-electron chi connectivity index (χ2n) is 6.00. The fourth-order valence-electron chi connectivity index (χ4n) is 2.62. The SMILES string of the molecule is CC.COC(CO)CN(C=O)c1ccc(-c2ccc(-c3nnn(C)n3)nc2)c(F)c1. The number of amides is 1. The number of carbonyl (C=O) groups is 1. The zero-order chi connectivity index (χ0) is 22.1. The van der Waals surface area contributed by atoms with Crippen molar-refractivity contribution in [1.82, 2.24) is 25.2 Å². The number of methoxy groups -OCH3 is 1. The van der Waals surface area contributed by atoms with Crippen molar-refractivity contribution in [3.63, 3.8) is 0 Å². The van der Waals surface area contributed by atoms with Crippen molar-refractivity contribution in [2.45, 2.75) is 20.0 Å². The Hall–Kier alpha value is -3.24. The van der Waals surface area contributed by atoms with E-state index in [0.29, 0.717) is 34.7 Å². The number of carbonyl (C=O) groups excluding carboxylic acids is 1. The van der Waals surface area contributed by atoms with Crippen LogP contribution in [-0.4, -0.2) is 63.1 Å². The highest BCUT2D eigenvalue weighted by atomic mass is 19.1. The molecule has 0 aliphatic rings. The Bertz CT molecular complexity index is 944. The van der Waals surface area contributed by atoms with Crippen LogP contribution in [0.4, 0.5) is 10.1 Å². The van der Waals surface area contributed by atoms with Gasteiger partial charge in [0.2, 0.25) is 12.2 Å². The summed E-state index contributed by atoms with van der Waals surface area (Å²) in [4.78, 5) is 18.2. The van der Waals surface area contributed by atoms with Gasteiger partial charge >= 0.3 is 0 Å². The van der Waals surface area contributed by atoms with E-state index in [4.69, 9.17) is 4.74 Å². The molecule has 1 aromatic carbocycles. The number of halogens is 1. The molecule has 0 saturated heterocycles. The van der Waals surface area contributed by atoms with Crippen molar-refractivity contribution in [3.8, 4) is 22.6 Å². The lowest BCUT2D eigenvalue weighted by Crippen LogP contribution is -2.34. The Morgan fingerprint density at radius 2 is 2.07 bits per heavy atom. The summed E-state index contributed by atoms with van der Waals surface area (Å²) in [6.45, 7) is 3.86. The largest absolute Gasteiger partial charge is 0.394 e. The molecule has 1 amide bonds. The number of pyridine rings is 1. The minimum absolute atomic E-state index is 0.108. The van der Waals surface area contributed by atoms with Gasteiger partial charge in [-0.1, -0.05) is 19.9 Å². The van der Waals surface area contributed by atoms with Crippen LogP contribution in [0.5, 0.6) is 0 Å². The molecular weight excluding hydrogens is 391 g/mol. The lowest BCUT2D eigenvalue weighted by molar-refractivity contribution is -0.107. The third-order valence-corrected chi connectivity index (χ3v) is 4.16. The summed E-state index contributed by atoms with van der Waals surface area (Å²) >= 11 is 0. The van der Waals surface area contributed by atoms with E-state index in [9.17, 15) is 14.3 Å². The quantitative estimate of drug-likeness (QED) is 0.560. The van der Waals surface area contributed by atoms with Crippen molar-refractivity contribution in [1.29, 1.82) is 0 Å². The van der Waals surface area contributed by atoms with Gasteiger partial charge in [0.15, 0.2) is 0 Å². The van der Waals surface area contributed by atoms with Crippen LogP contribution in [0.15, 0.2) is 36.5 Å². The molecular formula is C20H25FN6O3. The van der Waals surface area contributed by atoms with E-state index in [0.717, 1.165) is 0 Å². The summed E-state index contributed by atoms with van der Waals surface area (Å²) in [7, 11) is 3.08. The maximum absolute atomic E-state index is 14.7. The van der Waals surface area contributed by atoms with Gasteiger partial charge in [0.1, 0.15) is 11.5 Å². The molecule has 0 aliphatic carbocycles. The molecule has 0 fully saturated rings. The topological polar surface area (TPSA) is 106 Å². The Morgan fingerprint density at radius 3 is 2.57 bits per heavy atom. The first-order valence-electron chi connectivity index (χ1n) is 9.41. The molecule has 1 unspecified atom stereocenters. The summed E-state index contributed by atoms with van der Waals surface area (Å²) in [6.07, 6.45) is 1.54. The lowest BCUT2D eigenvalue weighted by Gasteiger charge is -2.22. The molecule has 3 rings (SSSR count). The zero-order valence-electron chi connectivity index (χ0n) is 17.4. The van der Waals surface area contributed by atoms with Crippen LogP contribution >= 0.6 is 0 Å². The van der Waals surface area contributed by atoms with Crippen LogP contribution in [0.2, 0.25) is 0 Å². The molecule has 1 atom stereocenters. The Kier molecular flexibility index (Phi) is 8.51. The normalized spacial score (nSPS) is 11.4. The van der Waals surface area contributed by atoms with Gasteiger partial charge in [-0.3, -0.25) is 9.78 Å². The first-order chi connectivity index (χ1) is 14.5. The third kappa shape index (κ3) is 5.43. The number of hydrogen-bond acceptors (Lipinski definition) is 7. The van der Waals surface area contributed by atoms with Gasteiger partial charge in [0.25, 0.3) is 0 Å². The molecule has 3 aromatic rings. The van der Waals surface area contributed by atoms with Gasteiger partial charge in [-0.2, -0.15) is 4.80 Å². The van der Waals surface area contributed by atoms with Crippen molar-refractivity contribution in [3.05, 3.63) is 42.3 Å². The van der Waals surface area contributed by atoms with Crippen LogP contribution in [0.3, 0.4) is 0 Å². The van der Waals surface area contributed by atoms with Crippen LogP contribution < -0.4 is 4.90 Å². The molecule has 2 aromatic heterocycles. The molecule has 2 heterocycles. The summed E-state index contributed by atoms with van der Waals surface area (Å²) in [5.41, 5.74) is 1.79. The highest BCUT2D eigenvalue weighted by molar-refractivity contribution is 5.77. The number of aromatic nitrogens is 5. The number of benzene rings is 1. The Morgan fingerprint density at radius 1 is 1.30 bits per heavy atom. The number of rotatable bonds is 8. The highest BCUT2D eigenvalue weighted by Gasteiger charge is 2.16. The molecule has 9 nitrogen and oxygen atoms in total. The van der Waals surface area contributed by atoms with E-state index in [1.54, 1.807) is 31.3 Å². The molecule has 10 heteroatoms. The maximum atomic E-state index is 14.7. The van der Waals surface area contributed by atoms with Gasteiger partial charge in [-0.05, 0) is 29.5 Å². The van der Waals surface area contributed by atoms with Gasteiger partial charge in [-0.15, -0.1) is 10.2 Å². The fraction of sp³-hybridized carbons (Fsp3) is 0.350. The van der Waals surface area contributed by atoms with Crippen molar-refractivity contribution in [2.24, 2.45) is 7.05 Å². The minimum Gasteiger partial charge on any atom is -0.394 e. The third-order valence-electron chi connectivity index (χ3n) is 4.16. The molecule has 0 aliphatic heterocycles. The molecule has 0 saturated carbocycles. The Balaban J connectivity index is 0.00000155. The fourth-order valence-corrected chi connectivity index (χ4v) is 2.62. The summed E-state index contributed by atoms with van der Waals surface area (Å²) in [5.74, 6) is -0.127. The maximum Gasteiger partial charge on any atom is 0.223 e. The van der Waals surface area contributed by atoms with Gasteiger partial charge < -0.3 is 14.7 Å². The number of aliphatic hydroxyl groups excluding tert-OH is 1. The van der Waals surface area contributed by atoms with Crippen LogP contribution in [0.1, 0.15) is 13.8 Å². The zero-order valence-corrected chi connectivity index (χ0v) is 17.4. The Labute approximate surface area is 174 Å². The van der Waals surface area contributed by atoms with Crippen molar-refractivity contribution >= 4 is 12.1 Å². The first kappa shape index (κ1) is 23.0. The predicted octanol–water partition coefficient (Wildman–Crippen LogP) is 2.07. The summed E-state index contributed by atoms with van der Waals surface area (Å²) in [6, 6.07) is 7.84. The molecule has 0 spiro atoms. The standard InChI is InChI=1S/C18H19FN6O3.C2H6/c1-24-22-18(21-23-24)17-6-3-12(8-20-17)15-5-4-13(7-16(15)19)25(11-27)9-14(10-26)28-2;1-2/h3-8,11,14,26H,9-10H2,1-2H3;1-2H3.